The number of carbonyl (C=O) groups is 2. The molecule has 0 fully saturated rings. The Kier molecular flexibility index (Phi) is 3.65. The Bertz CT molecular complexity index is 260. The van der Waals surface area contributed by atoms with E-state index >= 15 is 0 Å². The minimum Gasteiger partial charge on any atom is -0.402 e. The van der Waals surface area contributed by atoms with Crippen molar-refractivity contribution in [2.24, 2.45) is 4.99 Å². The Labute approximate surface area is 87.6 Å². The number of rotatable bonds is 4. The van der Waals surface area contributed by atoms with Gasteiger partial charge < -0.3 is 14.8 Å². The van der Waals surface area contributed by atoms with Crippen LogP contribution in [0.4, 0.5) is 0 Å². The molecule has 0 bridgehead atoms. The quantitative estimate of drug-likeness (QED) is 0.533. The highest BCUT2D eigenvalue weighted by molar-refractivity contribution is 5.73. The molecule has 0 saturated heterocycles. The van der Waals surface area contributed by atoms with E-state index < -0.39 is 17.8 Å². The molecular weight excluding hydrogens is 200 g/mol. The van der Waals surface area contributed by atoms with E-state index in [1.807, 2.05) is 0 Å². The predicted octanol–water partition coefficient (Wildman–Crippen LogP) is 0.178. The van der Waals surface area contributed by atoms with E-state index in [2.05, 4.69) is 10.3 Å². The van der Waals surface area contributed by atoms with Gasteiger partial charge in [-0.1, -0.05) is 13.8 Å². The fourth-order valence-electron chi connectivity index (χ4n) is 1.01. The average molecular weight is 214 g/mol. The highest BCUT2D eigenvalue weighted by Crippen LogP contribution is 2.15. The molecule has 1 N–H and O–H groups in total. The van der Waals surface area contributed by atoms with Gasteiger partial charge in [-0.2, -0.15) is 0 Å². The minimum absolute atomic E-state index is 0.0878. The van der Waals surface area contributed by atoms with Crippen LogP contribution in [0.1, 0.15) is 26.7 Å². The topological polar surface area (TPSA) is 77.0 Å². The van der Waals surface area contributed by atoms with Crippen LogP contribution in [0.25, 0.3) is 0 Å². The molecule has 1 aliphatic heterocycles. The van der Waals surface area contributed by atoms with Crippen molar-refractivity contribution in [2.75, 3.05) is 6.54 Å². The number of hydrogen-bond acceptors (Lipinski definition) is 6. The maximum atomic E-state index is 11.1. The van der Waals surface area contributed by atoms with Crippen LogP contribution in [0.5, 0.6) is 0 Å². The fourth-order valence-corrected chi connectivity index (χ4v) is 1.01. The van der Waals surface area contributed by atoms with Gasteiger partial charge in [-0.15, -0.1) is 0 Å². The van der Waals surface area contributed by atoms with Gasteiger partial charge in [0.15, 0.2) is 0 Å². The van der Waals surface area contributed by atoms with Gasteiger partial charge in [-0.05, 0) is 0 Å². The van der Waals surface area contributed by atoms with Gasteiger partial charge in [0.25, 0.3) is 0 Å². The first-order valence-electron chi connectivity index (χ1n) is 4.81. The highest BCUT2D eigenvalue weighted by atomic mass is 16.8. The second-order valence-electron chi connectivity index (χ2n) is 3.02. The SMILES string of the molecule is CCC(=O)OC1(OC(=O)CC)CN=CN1. The van der Waals surface area contributed by atoms with Crippen molar-refractivity contribution in [2.45, 2.75) is 32.6 Å². The maximum absolute atomic E-state index is 11.1. The molecule has 0 spiro atoms. The molecule has 6 heteroatoms. The van der Waals surface area contributed by atoms with Crippen LogP contribution < -0.4 is 5.32 Å². The molecule has 0 radical (unpaired) electrons. The number of esters is 2. The predicted molar refractivity (Wildman–Crippen MR) is 52.0 cm³/mol. The van der Waals surface area contributed by atoms with Crippen molar-refractivity contribution in [3.05, 3.63) is 0 Å². The number of carbonyl (C=O) groups excluding carboxylic acids is 2. The Morgan fingerprint density at radius 2 is 1.87 bits per heavy atom. The lowest BCUT2D eigenvalue weighted by atomic mass is 10.4. The van der Waals surface area contributed by atoms with Gasteiger partial charge in [-0.25, -0.2) is 0 Å². The normalized spacial score (nSPS) is 16.9. The number of nitrogens with zero attached hydrogens (tertiary/aromatic N) is 1. The van der Waals surface area contributed by atoms with Crippen molar-refractivity contribution in [1.29, 1.82) is 0 Å². The second-order valence-corrected chi connectivity index (χ2v) is 3.02. The summed E-state index contributed by atoms with van der Waals surface area (Å²) in [6.45, 7) is 3.41. The lowest BCUT2D eigenvalue weighted by molar-refractivity contribution is -0.227. The highest BCUT2D eigenvalue weighted by Gasteiger charge is 2.40. The first-order chi connectivity index (χ1) is 7.12. The minimum atomic E-state index is -1.43. The first kappa shape index (κ1) is 11.5. The molecule has 1 heterocycles. The monoisotopic (exact) mass is 214 g/mol. The molecule has 84 valence electrons. The van der Waals surface area contributed by atoms with E-state index in [0.717, 1.165) is 0 Å². The van der Waals surface area contributed by atoms with E-state index in [0.29, 0.717) is 0 Å². The van der Waals surface area contributed by atoms with E-state index in [9.17, 15) is 9.59 Å². The number of ether oxygens (including phenoxy) is 2. The molecule has 0 aromatic rings. The molecule has 0 unspecified atom stereocenters. The van der Waals surface area contributed by atoms with Crippen molar-refractivity contribution < 1.29 is 19.1 Å². The second kappa shape index (κ2) is 4.77. The average Bonchev–Trinajstić information content (AvgIpc) is 2.66. The van der Waals surface area contributed by atoms with Crippen LogP contribution in [-0.4, -0.2) is 30.7 Å². The van der Waals surface area contributed by atoms with Crippen LogP contribution in [0, 0.1) is 0 Å². The molecule has 0 aromatic carbocycles. The van der Waals surface area contributed by atoms with Crippen molar-refractivity contribution in [1.82, 2.24) is 5.32 Å². The van der Waals surface area contributed by atoms with Gasteiger partial charge in [-0.3, -0.25) is 14.6 Å². The van der Waals surface area contributed by atoms with Crippen LogP contribution in [0.15, 0.2) is 4.99 Å². The Morgan fingerprint density at radius 1 is 1.33 bits per heavy atom. The van der Waals surface area contributed by atoms with E-state index in [1.165, 1.54) is 6.34 Å². The maximum Gasteiger partial charge on any atom is 0.361 e. The zero-order valence-electron chi connectivity index (χ0n) is 8.78. The summed E-state index contributed by atoms with van der Waals surface area (Å²) in [5.41, 5.74) is 0. The number of nitrogens with one attached hydrogen (secondary N) is 1. The molecule has 0 atom stereocenters. The molecule has 0 aromatic heterocycles. The lowest BCUT2D eigenvalue weighted by Gasteiger charge is -2.27. The third kappa shape index (κ3) is 2.93. The molecule has 0 saturated carbocycles. The number of hydrogen-bond donors (Lipinski definition) is 1. The molecule has 0 amide bonds. The molecule has 0 aliphatic carbocycles. The molecule has 1 rings (SSSR count). The van der Waals surface area contributed by atoms with Crippen LogP contribution >= 0.6 is 0 Å². The summed E-state index contributed by atoms with van der Waals surface area (Å²) in [5.74, 6) is -2.32. The molecular formula is C9H14N2O4. The summed E-state index contributed by atoms with van der Waals surface area (Å²) < 4.78 is 10.0. The molecule has 1 aliphatic rings. The van der Waals surface area contributed by atoms with Crippen LogP contribution in [0.3, 0.4) is 0 Å². The van der Waals surface area contributed by atoms with Crippen LogP contribution in [-0.2, 0) is 19.1 Å². The van der Waals surface area contributed by atoms with Gasteiger partial charge in [0.1, 0.15) is 6.54 Å². The Hall–Kier alpha value is -1.59. The Morgan fingerprint density at radius 3 is 2.20 bits per heavy atom. The van der Waals surface area contributed by atoms with Gasteiger partial charge in [0, 0.05) is 12.8 Å². The van der Waals surface area contributed by atoms with Crippen molar-refractivity contribution >= 4 is 18.3 Å². The summed E-state index contributed by atoms with van der Waals surface area (Å²) in [4.78, 5) is 26.1. The van der Waals surface area contributed by atoms with Crippen molar-refractivity contribution in [3.63, 3.8) is 0 Å². The lowest BCUT2D eigenvalue weighted by Crippen LogP contribution is -2.51. The summed E-state index contributed by atoms with van der Waals surface area (Å²) in [5, 5.41) is 2.62. The largest absolute Gasteiger partial charge is 0.402 e. The number of aliphatic imine (C=N–C) groups is 1. The van der Waals surface area contributed by atoms with E-state index in [4.69, 9.17) is 9.47 Å². The van der Waals surface area contributed by atoms with E-state index in [1.54, 1.807) is 13.8 Å². The summed E-state index contributed by atoms with van der Waals surface area (Å²) in [6, 6.07) is 0. The summed E-state index contributed by atoms with van der Waals surface area (Å²) >= 11 is 0. The van der Waals surface area contributed by atoms with Crippen molar-refractivity contribution in [3.8, 4) is 0 Å². The van der Waals surface area contributed by atoms with Crippen LogP contribution in [0.2, 0.25) is 0 Å². The smallest absolute Gasteiger partial charge is 0.361 e. The fraction of sp³-hybridized carbons (Fsp3) is 0.667. The summed E-state index contributed by atoms with van der Waals surface area (Å²) in [7, 11) is 0. The standard InChI is InChI=1S/C9H14N2O4/c1-3-7(12)14-9(5-10-6-11-9)15-8(13)4-2/h6H,3-5H2,1-2H3,(H,10,11). The third-order valence-electron chi connectivity index (χ3n) is 1.81. The first-order valence-corrected chi connectivity index (χ1v) is 4.81. The zero-order chi connectivity index (χ0) is 11.3. The third-order valence-corrected chi connectivity index (χ3v) is 1.81. The van der Waals surface area contributed by atoms with Gasteiger partial charge >= 0.3 is 17.8 Å². The van der Waals surface area contributed by atoms with Gasteiger partial charge in [0.2, 0.25) is 0 Å². The summed E-state index contributed by atoms with van der Waals surface area (Å²) in [6.07, 6.45) is 1.78. The van der Waals surface area contributed by atoms with Gasteiger partial charge in [0.05, 0.1) is 6.34 Å². The molecule has 6 nitrogen and oxygen atoms in total. The molecule has 15 heavy (non-hydrogen) atoms. The Balaban J connectivity index is 2.62. The zero-order valence-corrected chi connectivity index (χ0v) is 8.78. The van der Waals surface area contributed by atoms with E-state index in [-0.39, 0.29) is 19.4 Å².